The molecule has 18 heavy (non-hydrogen) atoms. The highest BCUT2D eigenvalue weighted by molar-refractivity contribution is 14.1. The van der Waals surface area contributed by atoms with Crippen molar-refractivity contribution in [1.82, 2.24) is 4.98 Å². The van der Waals surface area contributed by atoms with Gasteiger partial charge < -0.3 is 10.5 Å². The molecule has 0 aliphatic heterocycles. The minimum atomic E-state index is -5.09. The summed E-state index contributed by atoms with van der Waals surface area (Å²) >= 11 is 1.34. The number of nitrogens with two attached hydrogens (primary N) is 1. The maximum atomic E-state index is 12.5. The van der Waals surface area contributed by atoms with Gasteiger partial charge in [0.05, 0.1) is 11.3 Å². The van der Waals surface area contributed by atoms with Crippen LogP contribution in [-0.4, -0.2) is 11.3 Å². The summed E-state index contributed by atoms with van der Waals surface area (Å²) in [5.74, 6) is -1.01. The molecule has 0 spiro atoms. The number of pyridine rings is 1. The topological polar surface area (TPSA) is 48.1 Å². The summed E-state index contributed by atoms with van der Waals surface area (Å²) in [6.07, 6.45) is -9.94. The van der Waals surface area contributed by atoms with Gasteiger partial charge in [0.1, 0.15) is 3.70 Å². The van der Waals surface area contributed by atoms with Gasteiger partial charge in [-0.15, -0.1) is 13.2 Å². The lowest BCUT2D eigenvalue weighted by Crippen LogP contribution is -2.20. The number of halogens is 7. The number of rotatable bonds is 2. The number of hydrogen-bond donors (Lipinski definition) is 1. The van der Waals surface area contributed by atoms with Gasteiger partial charge in [0.25, 0.3) is 0 Å². The van der Waals surface area contributed by atoms with Crippen LogP contribution in [0.1, 0.15) is 11.3 Å². The Morgan fingerprint density at radius 1 is 1.22 bits per heavy atom. The molecule has 0 atom stereocenters. The minimum absolute atomic E-state index is 0.241. The van der Waals surface area contributed by atoms with Gasteiger partial charge in [-0.25, -0.2) is 4.98 Å². The fourth-order valence-electron chi connectivity index (χ4n) is 1.11. The molecule has 10 heteroatoms. The Morgan fingerprint density at radius 2 is 1.78 bits per heavy atom. The van der Waals surface area contributed by atoms with Gasteiger partial charge in [-0.2, -0.15) is 13.2 Å². The molecule has 1 rings (SSSR count). The molecule has 0 aromatic carbocycles. The highest BCUT2D eigenvalue weighted by Gasteiger charge is 2.37. The maximum Gasteiger partial charge on any atom is 0.573 e. The summed E-state index contributed by atoms with van der Waals surface area (Å²) in [5, 5.41) is 0. The summed E-state index contributed by atoms with van der Waals surface area (Å²) in [7, 11) is 0. The predicted molar refractivity (Wildman–Crippen MR) is 56.5 cm³/mol. The van der Waals surface area contributed by atoms with Crippen LogP contribution < -0.4 is 10.5 Å². The molecule has 2 N–H and O–H groups in total. The van der Waals surface area contributed by atoms with Crippen molar-refractivity contribution >= 4 is 22.6 Å². The smallest absolute Gasteiger partial charge is 0.403 e. The molecule has 0 aliphatic rings. The molecule has 0 bridgehead atoms. The zero-order valence-corrected chi connectivity index (χ0v) is 10.5. The molecular formula is C8H5F6IN2O. The monoisotopic (exact) mass is 386 g/mol. The SMILES string of the molecule is NCc1nc(I)c(OC(F)(F)F)cc1C(F)(F)F. The summed E-state index contributed by atoms with van der Waals surface area (Å²) in [5.41, 5.74) is 3.18. The Balaban J connectivity index is 3.31. The van der Waals surface area contributed by atoms with Crippen LogP contribution in [0.4, 0.5) is 26.3 Å². The summed E-state index contributed by atoms with van der Waals surface area (Å²) < 4.78 is 76.7. The van der Waals surface area contributed by atoms with Crippen molar-refractivity contribution in [3.05, 3.63) is 21.0 Å². The van der Waals surface area contributed by atoms with E-state index in [9.17, 15) is 26.3 Å². The fraction of sp³-hybridized carbons (Fsp3) is 0.375. The molecule has 0 amide bonds. The molecule has 0 saturated carbocycles. The molecule has 0 fully saturated rings. The number of ether oxygens (including phenoxy) is 1. The van der Waals surface area contributed by atoms with Crippen molar-refractivity contribution in [2.45, 2.75) is 19.1 Å². The van der Waals surface area contributed by atoms with E-state index in [4.69, 9.17) is 5.73 Å². The zero-order chi connectivity index (χ0) is 14.1. The van der Waals surface area contributed by atoms with Crippen LogP contribution in [0.25, 0.3) is 0 Å². The van der Waals surface area contributed by atoms with Gasteiger partial charge in [-0.05, 0) is 28.7 Å². The summed E-state index contributed by atoms with van der Waals surface area (Å²) in [6, 6.07) is 0.241. The van der Waals surface area contributed by atoms with Crippen molar-refractivity contribution in [1.29, 1.82) is 0 Å². The van der Waals surface area contributed by atoms with Crippen LogP contribution in [0.2, 0.25) is 0 Å². The number of aromatic nitrogens is 1. The molecule has 102 valence electrons. The standard InChI is InChI=1S/C8H5F6IN2O/c9-7(10,11)3-1-5(18-8(12,13)14)6(15)17-4(3)2-16/h1H,2,16H2. The normalized spacial score (nSPS) is 12.7. The maximum absolute atomic E-state index is 12.5. The van der Waals surface area contributed by atoms with Crippen molar-refractivity contribution < 1.29 is 31.1 Å². The number of nitrogens with zero attached hydrogens (tertiary/aromatic N) is 1. The van der Waals surface area contributed by atoms with E-state index in [0.717, 1.165) is 0 Å². The predicted octanol–water partition coefficient (Wildman–Crippen LogP) is 3.06. The third-order valence-electron chi connectivity index (χ3n) is 1.75. The second-order valence-corrected chi connectivity index (χ2v) is 4.04. The summed E-state index contributed by atoms with van der Waals surface area (Å²) in [6.45, 7) is -0.545. The molecule has 1 aromatic rings. The van der Waals surface area contributed by atoms with Gasteiger partial charge in [0.15, 0.2) is 5.75 Å². The van der Waals surface area contributed by atoms with Crippen molar-refractivity contribution in [3.8, 4) is 5.75 Å². The van der Waals surface area contributed by atoms with Gasteiger partial charge in [-0.1, -0.05) is 0 Å². The molecule has 3 nitrogen and oxygen atoms in total. The Labute approximate surface area is 110 Å². The highest BCUT2D eigenvalue weighted by atomic mass is 127. The average molecular weight is 386 g/mol. The van der Waals surface area contributed by atoms with E-state index in [0.29, 0.717) is 0 Å². The largest absolute Gasteiger partial charge is 0.573 e. The van der Waals surface area contributed by atoms with Crippen LogP contribution in [0.5, 0.6) is 5.75 Å². The number of hydrogen-bond acceptors (Lipinski definition) is 3. The molecule has 0 saturated heterocycles. The average Bonchev–Trinajstić information content (AvgIpc) is 2.16. The summed E-state index contributed by atoms with van der Waals surface area (Å²) in [4.78, 5) is 3.36. The Hall–Kier alpha value is -0.780. The fourth-order valence-corrected chi connectivity index (χ4v) is 1.66. The lowest BCUT2D eigenvalue weighted by molar-refractivity contribution is -0.275. The van der Waals surface area contributed by atoms with Crippen molar-refractivity contribution in [3.63, 3.8) is 0 Å². The van der Waals surface area contributed by atoms with E-state index in [-0.39, 0.29) is 9.77 Å². The first-order chi connectivity index (χ1) is 8.04. The van der Waals surface area contributed by atoms with Crippen LogP contribution in [0, 0.1) is 3.70 Å². The van der Waals surface area contributed by atoms with Crippen LogP contribution in [-0.2, 0) is 12.7 Å². The van der Waals surface area contributed by atoms with E-state index in [1.807, 2.05) is 0 Å². The molecular weight excluding hydrogens is 381 g/mol. The molecule has 0 radical (unpaired) electrons. The third kappa shape index (κ3) is 3.86. The minimum Gasteiger partial charge on any atom is -0.403 e. The lowest BCUT2D eigenvalue weighted by atomic mass is 10.2. The third-order valence-corrected chi connectivity index (χ3v) is 2.52. The van der Waals surface area contributed by atoms with Crippen molar-refractivity contribution in [2.75, 3.05) is 0 Å². The lowest BCUT2D eigenvalue weighted by Gasteiger charge is -2.15. The first-order valence-corrected chi connectivity index (χ1v) is 5.35. The van der Waals surface area contributed by atoms with E-state index >= 15 is 0 Å². The van der Waals surface area contributed by atoms with Crippen molar-refractivity contribution in [2.24, 2.45) is 5.73 Å². The van der Waals surface area contributed by atoms with E-state index in [1.54, 1.807) is 0 Å². The van der Waals surface area contributed by atoms with Crippen LogP contribution in [0.15, 0.2) is 6.07 Å². The second kappa shape index (κ2) is 5.07. The number of alkyl halides is 6. The van der Waals surface area contributed by atoms with E-state index < -0.39 is 36.1 Å². The molecule has 0 unspecified atom stereocenters. The van der Waals surface area contributed by atoms with Gasteiger partial charge in [0.2, 0.25) is 0 Å². The van der Waals surface area contributed by atoms with E-state index in [2.05, 4.69) is 9.72 Å². The van der Waals surface area contributed by atoms with Crippen LogP contribution in [0.3, 0.4) is 0 Å². The Kier molecular flexibility index (Phi) is 4.30. The first-order valence-electron chi connectivity index (χ1n) is 4.27. The Morgan fingerprint density at radius 3 is 2.17 bits per heavy atom. The molecule has 1 aromatic heterocycles. The van der Waals surface area contributed by atoms with E-state index in [1.165, 1.54) is 22.6 Å². The zero-order valence-electron chi connectivity index (χ0n) is 8.36. The van der Waals surface area contributed by atoms with Gasteiger partial charge in [-0.3, -0.25) is 0 Å². The highest BCUT2D eigenvalue weighted by Crippen LogP contribution is 2.36. The quantitative estimate of drug-likeness (QED) is 0.483. The molecule has 1 heterocycles. The van der Waals surface area contributed by atoms with Gasteiger partial charge in [0, 0.05) is 6.54 Å². The first kappa shape index (κ1) is 15.3. The second-order valence-electron chi connectivity index (χ2n) is 3.02. The van der Waals surface area contributed by atoms with Crippen LogP contribution >= 0.6 is 22.6 Å². The van der Waals surface area contributed by atoms with Gasteiger partial charge >= 0.3 is 12.5 Å². The molecule has 0 aliphatic carbocycles. The Bertz CT molecular complexity index is 444.